The molecule has 0 heterocycles. The van der Waals surface area contributed by atoms with Gasteiger partial charge in [-0.15, -0.1) is 0 Å². The van der Waals surface area contributed by atoms with Crippen LogP contribution in [0.5, 0.6) is 23.0 Å². The first kappa shape index (κ1) is 38.8. The van der Waals surface area contributed by atoms with Crippen molar-refractivity contribution >= 4 is 35.5 Å². The first-order valence-electron chi connectivity index (χ1n) is 17.5. The van der Waals surface area contributed by atoms with E-state index in [9.17, 15) is 15.3 Å². The zero-order valence-corrected chi connectivity index (χ0v) is 31.3. The van der Waals surface area contributed by atoms with E-state index in [2.05, 4.69) is 94.8 Å². The third-order valence-corrected chi connectivity index (χ3v) is 9.32. The predicted molar refractivity (Wildman–Crippen MR) is 225 cm³/mol. The fourth-order valence-electron chi connectivity index (χ4n) is 7.06. The number of hydrogen-bond donors (Lipinski definition) is 3. The third-order valence-electron chi connectivity index (χ3n) is 9.32. The van der Waals surface area contributed by atoms with Gasteiger partial charge in [0.1, 0.15) is 5.75 Å². The second-order valence-corrected chi connectivity index (χ2v) is 12.5. The number of phenols is 3. The molecule has 0 spiro atoms. The molecule has 4 rings (SSSR count). The summed E-state index contributed by atoms with van der Waals surface area (Å²) in [5.74, 6) is -1.36. The van der Waals surface area contributed by atoms with Gasteiger partial charge in [0.05, 0.1) is 12.7 Å². The zero-order chi connectivity index (χ0) is 38.1. The van der Waals surface area contributed by atoms with Crippen LogP contribution in [0.15, 0.2) is 105 Å². The van der Waals surface area contributed by atoms with Gasteiger partial charge in [0, 0.05) is 5.56 Å². The maximum absolute atomic E-state index is 11.0. The van der Waals surface area contributed by atoms with Crippen LogP contribution in [0.2, 0.25) is 0 Å². The lowest BCUT2D eigenvalue weighted by Gasteiger charge is -2.26. The van der Waals surface area contributed by atoms with E-state index >= 15 is 0 Å². The van der Waals surface area contributed by atoms with Crippen molar-refractivity contribution in [2.24, 2.45) is 0 Å². The average Bonchev–Trinajstić information content (AvgIpc) is 3.15. The molecule has 0 atom stereocenters. The number of benzene rings is 4. The minimum Gasteiger partial charge on any atom is -0.504 e. The van der Waals surface area contributed by atoms with Gasteiger partial charge < -0.3 is 20.1 Å². The molecule has 4 aromatic rings. The van der Waals surface area contributed by atoms with Crippen LogP contribution in [0.4, 0.5) is 0 Å². The highest BCUT2D eigenvalue weighted by atomic mass is 16.5. The first-order valence-corrected chi connectivity index (χ1v) is 17.5. The Morgan fingerprint density at radius 2 is 1.42 bits per heavy atom. The highest BCUT2D eigenvalue weighted by Gasteiger charge is 2.26. The lowest BCUT2D eigenvalue weighted by molar-refractivity contribution is 0.351. The van der Waals surface area contributed by atoms with Crippen LogP contribution >= 0.6 is 0 Å². The molecule has 0 saturated heterocycles. The molecule has 266 valence electrons. The third kappa shape index (κ3) is 7.24. The van der Waals surface area contributed by atoms with Gasteiger partial charge in [-0.2, -0.15) is 0 Å². The smallest absolute Gasteiger partial charge is 0.201 e. The SMILES string of the molecule is C=C/C=C\c1c(C)c(C(/C=C\C)=C/C(=C)c2c(O)c(O)c(O)c(C)c2OC)c(C=C)c(CCC)c1-c1ccc(-c2ccccc2)c(/C=C\C)c1C=C. The molecule has 0 aliphatic heterocycles. The molecular weight excluding hydrogens is 641 g/mol. The van der Waals surface area contributed by atoms with Crippen molar-refractivity contribution in [3.8, 4) is 45.3 Å². The van der Waals surface area contributed by atoms with Crippen LogP contribution in [0.1, 0.15) is 77.3 Å². The van der Waals surface area contributed by atoms with E-state index in [0.29, 0.717) is 5.57 Å². The highest BCUT2D eigenvalue weighted by Crippen LogP contribution is 2.50. The molecule has 0 saturated carbocycles. The molecule has 3 N–H and O–H groups in total. The second kappa shape index (κ2) is 17.3. The van der Waals surface area contributed by atoms with E-state index in [4.69, 9.17) is 4.74 Å². The summed E-state index contributed by atoms with van der Waals surface area (Å²) in [7, 11) is 1.45. The van der Waals surface area contributed by atoms with Crippen molar-refractivity contribution in [1.29, 1.82) is 0 Å². The van der Waals surface area contributed by atoms with Crippen LogP contribution in [0.25, 0.3) is 57.7 Å². The Kier molecular flexibility index (Phi) is 12.9. The minimum atomic E-state index is -0.626. The number of rotatable bonds is 14. The Hall–Kier alpha value is -6.00. The van der Waals surface area contributed by atoms with Crippen molar-refractivity contribution in [3.63, 3.8) is 0 Å². The molecule has 0 aliphatic carbocycles. The van der Waals surface area contributed by atoms with Crippen molar-refractivity contribution in [1.82, 2.24) is 0 Å². The Labute approximate surface area is 309 Å². The summed E-state index contributed by atoms with van der Waals surface area (Å²) in [6, 6.07) is 14.8. The molecule has 4 heteroatoms. The number of allylic oxidation sites excluding steroid dienone is 8. The standard InChI is InChI=1S/C48H50O4/c1-11-17-26-37-31(8)43(34(21-12-2)29-30(7)42-46(50)47(51)45(49)32(9)48(42)52-10)36(16-6)40(23-14-4)44(37)41-28-27-38(33-24-19-18-20-25-33)39(22-13-3)35(41)15-5/h11-13,15-22,24-29,49-51H,1,5-7,14,23H2,2-4,8-10H3/b21-12-,22-13-,26-17-,34-29+. The highest BCUT2D eigenvalue weighted by molar-refractivity contribution is 5.99. The first-order chi connectivity index (χ1) is 25.1. The van der Waals surface area contributed by atoms with Gasteiger partial charge in [-0.25, -0.2) is 0 Å². The molecular formula is C48H50O4. The molecule has 0 fully saturated rings. The molecule has 52 heavy (non-hydrogen) atoms. The van der Waals surface area contributed by atoms with E-state index in [1.54, 1.807) is 13.0 Å². The lowest BCUT2D eigenvalue weighted by Crippen LogP contribution is -2.07. The van der Waals surface area contributed by atoms with Gasteiger partial charge in [0.2, 0.25) is 5.75 Å². The summed E-state index contributed by atoms with van der Waals surface area (Å²) >= 11 is 0. The molecule has 0 unspecified atom stereocenters. The summed E-state index contributed by atoms with van der Waals surface area (Å²) in [6.45, 7) is 26.8. The maximum Gasteiger partial charge on any atom is 0.201 e. The van der Waals surface area contributed by atoms with Crippen molar-refractivity contribution < 1.29 is 20.1 Å². The number of aromatic hydroxyl groups is 3. The lowest BCUT2D eigenvalue weighted by atomic mass is 9.77. The van der Waals surface area contributed by atoms with Crippen LogP contribution in [-0.2, 0) is 6.42 Å². The summed E-state index contributed by atoms with van der Waals surface area (Å²) in [5, 5.41) is 32.0. The van der Waals surface area contributed by atoms with E-state index in [-0.39, 0.29) is 16.9 Å². The second-order valence-electron chi connectivity index (χ2n) is 12.5. The Bertz CT molecular complexity index is 2150. The quantitative estimate of drug-likeness (QED) is 0.0910. The number of methoxy groups -OCH3 is 1. The number of hydrogen-bond acceptors (Lipinski definition) is 4. The van der Waals surface area contributed by atoms with Crippen LogP contribution in [-0.4, -0.2) is 22.4 Å². The normalized spacial score (nSPS) is 11.8. The van der Waals surface area contributed by atoms with Gasteiger partial charge in [-0.05, 0) is 113 Å². The molecule has 0 aliphatic rings. The summed E-state index contributed by atoms with van der Waals surface area (Å²) in [6.07, 6.45) is 21.4. The fourth-order valence-corrected chi connectivity index (χ4v) is 7.06. The Morgan fingerprint density at radius 1 is 0.750 bits per heavy atom. The van der Waals surface area contributed by atoms with E-state index in [0.717, 1.165) is 79.6 Å². The number of ether oxygens (including phenoxy) is 1. The molecule has 0 aromatic heterocycles. The van der Waals surface area contributed by atoms with E-state index in [1.807, 2.05) is 56.4 Å². The monoisotopic (exact) mass is 690 g/mol. The van der Waals surface area contributed by atoms with Gasteiger partial charge in [-0.3, -0.25) is 0 Å². The maximum atomic E-state index is 11.0. The Morgan fingerprint density at radius 3 is 2.00 bits per heavy atom. The van der Waals surface area contributed by atoms with Crippen LogP contribution < -0.4 is 4.74 Å². The molecule has 4 aromatic carbocycles. The van der Waals surface area contributed by atoms with Gasteiger partial charge in [0.15, 0.2) is 11.5 Å². The molecule has 4 nitrogen and oxygen atoms in total. The minimum absolute atomic E-state index is 0.193. The van der Waals surface area contributed by atoms with Crippen molar-refractivity contribution in [2.75, 3.05) is 7.11 Å². The summed E-state index contributed by atoms with van der Waals surface area (Å²) in [4.78, 5) is 0. The topological polar surface area (TPSA) is 69.9 Å². The zero-order valence-electron chi connectivity index (χ0n) is 31.3. The Balaban J connectivity index is 2.19. The van der Waals surface area contributed by atoms with Crippen molar-refractivity contribution in [2.45, 2.75) is 47.5 Å². The largest absolute Gasteiger partial charge is 0.504 e. The predicted octanol–water partition coefficient (Wildman–Crippen LogP) is 12.9. The van der Waals surface area contributed by atoms with Gasteiger partial charge in [-0.1, -0.05) is 137 Å². The van der Waals surface area contributed by atoms with Gasteiger partial charge in [0.25, 0.3) is 0 Å². The van der Waals surface area contributed by atoms with Gasteiger partial charge >= 0.3 is 0 Å². The fraction of sp³-hybridized carbons (Fsp3) is 0.167. The van der Waals surface area contributed by atoms with E-state index in [1.165, 1.54) is 7.11 Å². The molecule has 0 bridgehead atoms. The molecule has 0 radical (unpaired) electrons. The van der Waals surface area contributed by atoms with Crippen LogP contribution in [0, 0.1) is 13.8 Å². The van der Waals surface area contributed by atoms with Crippen LogP contribution in [0.3, 0.4) is 0 Å². The van der Waals surface area contributed by atoms with E-state index < -0.39 is 17.2 Å². The number of phenolic OH excluding ortho intramolecular Hbond substituents is 3. The summed E-state index contributed by atoms with van der Waals surface area (Å²) < 4.78 is 5.61. The van der Waals surface area contributed by atoms with Crippen molar-refractivity contribution in [3.05, 3.63) is 155 Å². The molecule has 0 amide bonds. The summed E-state index contributed by atoms with van der Waals surface area (Å²) in [5.41, 5.74) is 13.4. The average molecular weight is 691 g/mol.